The summed E-state index contributed by atoms with van der Waals surface area (Å²) in [4.78, 5) is 22.4. The Labute approximate surface area is 192 Å². The summed E-state index contributed by atoms with van der Waals surface area (Å²) in [5.41, 5.74) is 0.462. The zero-order valence-corrected chi connectivity index (χ0v) is 19.8. The van der Waals surface area contributed by atoms with Crippen molar-refractivity contribution in [2.75, 3.05) is 24.3 Å². The van der Waals surface area contributed by atoms with Gasteiger partial charge < -0.3 is 20.1 Å². The van der Waals surface area contributed by atoms with Crippen molar-refractivity contribution in [3.8, 4) is 17.9 Å². The number of carboxylic acids is 1. The van der Waals surface area contributed by atoms with Crippen LogP contribution in [0.1, 0.15) is 61.0 Å². The van der Waals surface area contributed by atoms with Crippen molar-refractivity contribution in [1.29, 1.82) is 0 Å². The van der Waals surface area contributed by atoms with Gasteiger partial charge in [-0.15, -0.1) is 11.3 Å². The molecule has 0 aliphatic heterocycles. The molecule has 1 aliphatic carbocycles. The second-order valence-corrected chi connectivity index (χ2v) is 10.2. The van der Waals surface area contributed by atoms with Gasteiger partial charge in [0.1, 0.15) is 11.0 Å². The second-order valence-electron chi connectivity index (χ2n) is 9.11. The lowest BCUT2D eigenvalue weighted by Crippen LogP contribution is -2.32. The molecule has 0 radical (unpaired) electrons. The molecule has 2 heterocycles. The molecule has 2 aromatic heterocycles. The van der Waals surface area contributed by atoms with Crippen LogP contribution in [0.3, 0.4) is 0 Å². The van der Waals surface area contributed by atoms with Crippen LogP contribution in [0.4, 0.5) is 15.9 Å². The lowest BCUT2D eigenvalue weighted by Gasteiger charge is -2.29. The van der Waals surface area contributed by atoms with Crippen LogP contribution in [0.2, 0.25) is 0 Å². The summed E-state index contributed by atoms with van der Waals surface area (Å²) in [6.07, 6.45) is 4.20. The van der Waals surface area contributed by atoms with E-state index in [0.717, 1.165) is 36.8 Å². The number of hydrogen-bond acceptors (Lipinski definition) is 7. The Morgan fingerprint density at radius 2 is 2.00 bits per heavy atom. The van der Waals surface area contributed by atoms with Gasteiger partial charge in [-0.3, -0.25) is 0 Å². The van der Waals surface area contributed by atoms with Crippen LogP contribution < -0.4 is 15.0 Å². The molecule has 0 atom stereocenters. The summed E-state index contributed by atoms with van der Waals surface area (Å²) in [6, 6.07) is 2.13. The third-order valence-corrected chi connectivity index (χ3v) is 5.96. The normalized spacial score (nSPS) is 18.4. The Kier molecular flexibility index (Phi) is 7.24. The van der Waals surface area contributed by atoms with E-state index in [2.05, 4.69) is 27.1 Å². The Morgan fingerprint density at radius 1 is 1.31 bits per heavy atom. The Bertz CT molecular complexity index is 1030. The number of aromatic carboxylic acids is 1. The first-order chi connectivity index (χ1) is 15.0. The van der Waals surface area contributed by atoms with Crippen molar-refractivity contribution in [3.63, 3.8) is 0 Å². The van der Waals surface area contributed by atoms with E-state index < -0.39 is 11.8 Å². The van der Waals surface area contributed by atoms with Crippen LogP contribution in [0.5, 0.6) is 6.01 Å². The maximum Gasteiger partial charge on any atom is 0.348 e. The highest BCUT2D eigenvalue weighted by atomic mass is 32.1. The maximum absolute atomic E-state index is 13.8. The predicted molar refractivity (Wildman–Crippen MR) is 124 cm³/mol. The minimum atomic E-state index is -0.955. The molecular formula is C23H29FN4O3S. The molecule has 32 heavy (non-hydrogen) atoms. The van der Waals surface area contributed by atoms with E-state index in [1.165, 1.54) is 11.3 Å². The van der Waals surface area contributed by atoms with Crippen molar-refractivity contribution in [2.24, 2.45) is 5.41 Å². The smallest absolute Gasteiger partial charge is 0.348 e. The summed E-state index contributed by atoms with van der Waals surface area (Å²) < 4.78 is 19.7. The van der Waals surface area contributed by atoms with Gasteiger partial charge in [0.15, 0.2) is 11.6 Å². The van der Waals surface area contributed by atoms with Crippen LogP contribution in [-0.4, -0.2) is 47.3 Å². The quantitative estimate of drug-likeness (QED) is 0.607. The van der Waals surface area contributed by atoms with Gasteiger partial charge in [-0.05, 0) is 52.5 Å². The van der Waals surface area contributed by atoms with Crippen molar-refractivity contribution in [3.05, 3.63) is 27.8 Å². The van der Waals surface area contributed by atoms with Gasteiger partial charge in [0.2, 0.25) is 0 Å². The van der Waals surface area contributed by atoms with E-state index >= 15 is 0 Å². The first-order valence-electron chi connectivity index (χ1n) is 10.5. The number of nitrogens with zero attached hydrogens (tertiary/aromatic N) is 3. The van der Waals surface area contributed by atoms with Gasteiger partial charge in [-0.1, -0.05) is 11.8 Å². The molecule has 1 fully saturated rings. The third kappa shape index (κ3) is 6.33. The molecule has 0 saturated heterocycles. The molecule has 2 N–H and O–H groups in total. The van der Waals surface area contributed by atoms with Crippen LogP contribution in [-0.2, 0) is 0 Å². The molecular weight excluding hydrogens is 431 g/mol. The van der Waals surface area contributed by atoms with Crippen LogP contribution in [0, 0.1) is 23.1 Å². The summed E-state index contributed by atoms with van der Waals surface area (Å²) in [5, 5.41) is 13.0. The number of anilines is 2. The van der Waals surface area contributed by atoms with Gasteiger partial charge in [0.05, 0.1) is 16.8 Å². The monoisotopic (exact) mass is 460 g/mol. The molecule has 0 aromatic carbocycles. The van der Waals surface area contributed by atoms with Crippen LogP contribution >= 0.6 is 11.3 Å². The molecule has 1 saturated carbocycles. The standard InChI is InChI=1S/C23H29FN4O3S/c1-23(2,3)11-10-16-12-18(19(32-16)21(29)30)26-14-6-8-15(9-7-14)31-22-25-13-17(24)20(27-22)28(4)5/h12-15,26H,6-9H2,1-5H3,(H,29,30). The fraction of sp³-hybridized carbons (Fsp3) is 0.522. The lowest BCUT2D eigenvalue weighted by molar-refractivity contribution is 0.0703. The van der Waals surface area contributed by atoms with Gasteiger partial charge in [0, 0.05) is 25.6 Å². The zero-order valence-electron chi connectivity index (χ0n) is 19.0. The van der Waals surface area contributed by atoms with Crippen molar-refractivity contribution < 1.29 is 19.0 Å². The molecule has 3 rings (SSSR count). The average Bonchev–Trinajstić information content (AvgIpc) is 3.12. The highest BCUT2D eigenvalue weighted by Gasteiger charge is 2.25. The number of ether oxygens (including phenoxy) is 1. The maximum atomic E-state index is 13.8. The number of aromatic nitrogens is 2. The molecule has 2 aromatic rings. The first kappa shape index (κ1) is 23.8. The minimum Gasteiger partial charge on any atom is -0.477 e. The van der Waals surface area contributed by atoms with Crippen LogP contribution in [0.15, 0.2) is 12.3 Å². The Morgan fingerprint density at radius 3 is 2.59 bits per heavy atom. The second kappa shape index (κ2) is 9.74. The molecule has 0 bridgehead atoms. The summed E-state index contributed by atoms with van der Waals surface area (Å²) in [7, 11) is 3.42. The van der Waals surface area contributed by atoms with Crippen molar-refractivity contribution in [1.82, 2.24) is 9.97 Å². The fourth-order valence-electron chi connectivity index (χ4n) is 3.37. The molecule has 1 aliphatic rings. The van der Waals surface area contributed by atoms with E-state index in [4.69, 9.17) is 4.74 Å². The fourth-order valence-corrected chi connectivity index (χ4v) is 4.19. The topological polar surface area (TPSA) is 87.6 Å². The number of halogens is 1. The molecule has 9 heteroatoms. The van der Waals surface area contributed by atoms with E-state index in [0.29, 0.717) is 5.69 Å². The van der Waals surface area contributed by atoms with E-state index in [1.54, 1.807) is 19.0 Å². The lowest BCUT2D eigenvalue weighted by atomic mass is 9.93. The molecule has 172 valence electrons. The van der Waals surface area contributed by atoms with Crippen molar-refractivity contribution >= 4 is 28.8 Å². The minimum absolute atomic E-state index is 0.0665. The highest BCUT2D eigenvalue weighted by molar-refractivity contribution is 7.15. The number of carbonyl (C=O) groups is 1. The summed E-state index contributed by atoms with van der Waals surface area (Å²) >= 11 is 1.19. The zero-order chi connectivity index (χ0) is 23.5. The van der Waals surface area contributed by atoms with E-state index in [-0.39, 0.29) is 34.3 Å². The number of thiophene rings is 1. The molecule has 0 unspecified atom stereocenters. The molecule has 0 amide bonds. The third-order valence-electron chi connectivity index (χ3n) is 4.92. The van der Waals surface area contributed by atoms with Gasteiger partial charge in [0.25, 0.3) is 0 Å². The number of nitrogens with one attached hydrogen (secondary N) is 1. The van der Waals surface area contributed by atoms with Gasteiger partial charge in [-0.25, -0.2) is 14.2 Å². The molecule has 7 nitrogen and oxygen atoms in total. The van der Waals surface area contributed by atoms with Gasteiger partial charge >= 0.3 is 12.0 Å². The average molecular weight is 461 g/mol. The number of rotatable bonds is 6. The van der Waals surface area contributed by atoms with E-state index in [9.17, 15) is 14.3 Å². The van der Waals surface area contributed by atoms with Crippen LogP contribution in [0.25, 0.3) is 0 Å². The largest absolute Gasteiger partial charge is 0.477 e. The molecule has 0 spiro atoms. The van der Waals surface area contributed by atoms with Crippen molar-refractivity contribution in [2.45, 2.75) is 58.6 Å². The predicted octanol–water partition coefficient (Wildman–Crippen LogP) is 4.64. The number of carboxylic acid groups (broad SMARTS) is 1. The summed E-state index contributed by atoms with van der Waals surface area (Å²) in [5.74, 6) is 4.98. The highest BCUT2D eigenvalue weighted by Crippen LogP contribution is 2.31. The number of hydrogen-bond donors (Lipinski definition) is 2. The first-order valence-corrected chi connectivity index (χ1v) is 11.4. The SMILES string of the molecule is CN(C)c1nc(OC2CCC(Nc3cc(C#CC(C)(C)C)sc3C(=O)O)CC2)ncc1F. The Balaban J connectivity index is 1.61. The summed E-state index contributed by atoms with van der Waals surface area (Å²) in [6.45, 7) is 6.05. The Hall–Kier alpha value is -2.86. The van der Waals surface area contributed by atoms with E-state index in [1.807, 2.05) is 26.8 Å². The van der Waals surface area contributed by atoms with Gasteiger partial charge in [-0.2, -0.15) is 4.98 Å².